The first-order chi connectivity index (χ1) is 7.29. The third-order valence-electron chi connectivity index (χ3n) is 4.19. The molecule has 2 fully saturated rings. The second-order valence-electron chi connectivity index (χ2n) is 5.55. The minimum Gasteiger partial charge on any atom is -0.389 e. The Morgan fingerprint density at radius 3 is 2.40 bits per heavy atom. The Kier molecular flexibility index (Phi) is 4.04. The monoisotopic (exact) mass is 211 g/mol. The Morgan fingerprint density at radius 1 is 1.07 bits per heavy atom. The molecule has 0 aliphatic heterocycles. The predicted octanol–water partition coefficient (Wildman–Crippen LogP) is 2.46. The summed E-state index contributed by atoms with van der Waals surface area (Å²) in [6, 6.07) is 0. The third kappa shape index (κ3) is 3.46. The summed E-state index contributed by atoms with van der Waals surface area (Å²) in [6.45, 7) is 1.92. The third-order valence-corrected chi connectivity index (χ3v) is 4.19. The topological polar surface area (TPSA) is 32.3 Å². The van der Waals surface area contributed by atoms with Crippen molar-refractivity contribution < 1.29 is 5.11 Å². The van der Waals surface area contributed by atoms with Gasteiger partial charge in [0.25, 0.3) is 0 Å². The Morgan fingerprint density at radius 2 is 1.73 bits per heavy atom. The van der Waals surface area contributed by atoms with Gasteiger partial charge in [0.1, 0.15) is 0 Å². The van der Waals surface area contributed by atoms with Crippen molar-refractivity contribution in [3.63, 3.8) is 0 Å². The summed E-state index contributed by atoms with van der Waals surface area (Å²) in [6.07, 6.45) is 11.5. The number of hydrogen-bond donors (Lipinski definition) is 2. The van der Waals surface area contributed by atoms with E-state index in [1.807, 2.05) is 0 Å². The van der Waals surface area contributed by atoms with Crippen LogP contribution in [-0.4, -0.2) is 23.8 Å². The zero-order valence-electron chi connectivity index (χ0n) is 9.80. The van der Waals surface area contributed by atoms with Crippen LogP contribution in [0.5, 0.6) is 0 Å². The van der Waals surface area contributed by atoms with Gasteiger partial charge in [0.05, 0.1) is 5.60 Å². The molecule has 2 rings (SSSR count). The van der Waals surface area contributed by atoms with E-state index in [2.05, 4.69) is 5.32 Å². The van der Waals surface area contributed by atoms with Gasteiger partial charge < -0.3 is 10.4 Å². The summed E-state index contributed by atoms with van der Waals surface area (Å²) >= 11 is 0. The molecule has 2 nitrogen and oxygen atoms in total. The molecule has 0 saturated heterocycles. The van der Waals surface area contributed by atoms with Crippen molar-refractivity contribution in [3.8, 4) is 0 Å². The molecule has 0 aromatic heterocycles. The minimum absolute atomic E-state index is 0.365. The number of hydrogen-bond acceptors (Lipinski definition) is 2. The van der Waals surface area contributed by atoms with Crippen LogP contribution in [0, 0.1) is 5.92 Å². The molecule has 0 aromatic rings. The summed E-state index contributed by atoms with van der Waals surface area (Å²) in [4.78, 5) is 0. The average Bonchev–Trinajstić information content (AvgIpc) is 2.84. The standard InChI is InChI=1S/C13H25NO/c15-13(8-3-4-9-13)11-14-10-7-12-5-1-2-6-12/h12,14-15H,1-11H2. The Bertz CT molecular complexity index is 181. The van der Waals surface area contributed by atoms with E-state index in [0.717, 1.165) is 31.8 Å². The summed E-state index contributed by atoms with van der Waals surface area (Å²) in [5.41, 5.74) is -0.365. The van der Waals surface area contributed by atoms with Gasteiger partial charge in [-0.05, 0) is 31.7 Å². The molecule has 0 unspecified atom stereocenters. The fourth-order valence-electron chi connectivity index (χ4n) is 3.14. The van der Waals surface area contributed by atoms with E-state index < -0.39 is 0 Å². The van der Waals surface area contributed by atoms with Crippen LogP contribution in [0.3, 0.4) is 0 Å². The van der Waals surface area contributed by atoms with Crippen molar-refractivity contribution in [2.45, 2.75) is 63.4 Å². The van der Waals surface area contributed by atoms with Crippen molar-refractivity contribution in [1.29, 1.82) is 0 Å². The molecule has 0 heterocycles. The number of rotatable bonds is 5. The summed E-state index contributed by atoms with van der Waals surface area (Å²) in [5, 5.41) is 13.6. The maximum Gasteiger partial charge on any atom is 0.0771 e. The van der Waals surface area contributed by atoms with Crippen molar-refractivity contribution in [2.24, 2.45) is 5.92 Å². The molecule has 15 heavy (non-hydrogen) atoms. The van der Waals surface area contributed by atoms with Crippen molar-refractivity contribution >= 4 is 0 Å². The van der Waals surface area contributed by atoms with Crippen LogP contribution >= 0.6 is 0 Å². The van der Waals surface area contributed by atoms with Crippen LogP contribution < -0.4 is 5.32 Å². The van der Waals surface area contributed by atoms with E-state index in [9.17, 15) is 5.11 Å². The maximum atomic E-state index is 10.1. The molecule has 0 atom stereocenters. The molecule has 2 saturated carbocycles. The first kappa shape index (κ1) is 11.4. The highest BCUT2D eigenvalue weighted by atomic mass is 16.3. The fraction of sp³-hybridized carbons (Fsp3) is 1.00. The van der Waals surface area contributed by atoms with Crippen molar-refractivity contribution in [3.05, 3.63) is 0 Å². The van der Waals surface area contributed by atoms with E-state index in [0.29, 0.717) is 0 Å². The second-order valence-corrected chi connectivity index (χ2v) is 5.55. The highest BCUT2D eigenvalue weighted by Gasteiger charge is 2.30. The summed E-state index contributed by atoms with van der Waals surface area (Å²) in [5.74, 6) is 0.968. The van der Waals surface area contributed by atoms with Gasteiger partial charge in [0, 0.05) is 6.54 Å². The normalized spacial score (nSPS) is 26.2. The quantitative estimate of drug-likeness (QED) is 0.685. The van der Waals surface area contributed by atoms with Gasteiger partial charge in [-0.15, -0.1) is 0 Å². The molecule has 2 N–H and O–H groups in total. The van der Waals surface area contributed by atoms with Crippen LogP contribution in [-0.2, 0) is 0 Å². The first-order valence-electron chi connectivity index (χ1n) is 6.72. The van der Waals surface area contributed by atoms with Gasteiger partial charge in [-0.2, -0.15) is 0 Å². The van der Waals surface area contributed by atoms with Crippen LogP contribution in [0.4, 0.5) is 0 Å². The zero-order valence-corrected chi connectivity index (χ0v) is 9.80. The summed E-state index contributed by atoms with van der Waals surface area (Å²) < 4.78 is 0. The summed E-state index contributed by atoms with van der Waals surface area (Å²) in [7, 11) is 0. The lowest BCUT2D eigenvalue weighted by Crippen LogP contribution is -2.38. The highest BCUT2D eigenvalue weighted by Crippen LogP contribution is 2.29. The van der Waals surface area contributed by atoms with Gasteiger partial charge in [-0.25, -0.2) is 0 Å². The highest BCUT2D eigenvalue weighted by molar-refractivity contribution is 4.86. The van der Waals surface area contributed by atoms with Crippen molar-refractivity contribution in [1.82, 2.24) is 5.32 Å². The molecule has 0 bridgehead atoms. The molecule has 0 amide bonds. The van der Waals surface area contributed by atoms with E-state index >= 15 is 0 Å². The second kappa shape index (κ2) is 5.31. The van der Waals surface area contributed by atoms with E-state index in [1.54, 1.807) is 0 Å². The predicted molar refractivity (Wildman–Crippen MR) is 62.9 cm³/mol. The molecule has 0 radical (unpaired) electrons. The fourth-order valence-corrected chi connectivity index (χ4v) is 3.14. The lowest BCUT2D eigenvalue weighted by Gasteiger charge is -2.22. The molecule has 0 aromatic carbocycles. The molecule has 2 heteroatoms. The molecular weight excluding hydrogens is 186 g/mol. The molecule has 2 aliphatic rings. The lowest BCUT2D eigenvalue weighted by molar-refractivity contribution is 0.0476. The molecule has 2 aliphatic carbocycles. The van der Waals surface area contributed by atoms with Crippen molar-refractivity contribution in [2.75, 3.05) is 13.1 Å². The largest absolute Gasteiger partial charge is 0.389 e. The molecule has 0 spiro atoms. The number of aliphatic hydroxyl groups is 1. The van der Waals surface area contributed by atoms with Crippen LogP contribution in [0.1, 0.15) is 57.8 Å². The Hall–Kier alpha value is -0.0800. The van der Waals surface area contributed by atoms with Gasteiger partial charge >= 0.3 is 0 Å². The van der Waals surface area contributed by atoms with Gasteiger partial charge in [0.15, 0.2) is 0 Å². The average molecular weight is 211 g/mol. The van der Waals surface area contributed by atoms with Crippen LogP contribution in [0.25, 0.3) is 0 Å². The van der Waals surface area contributed by atoms with E-state index in [-0.39, 0.29) is 5.60 Å². The Balaban J connectivity index is 1.54. The van der Waals surface area contributed by atoms with Crippen LogP contribution in [0.15, 0.2) is 0 Å². The molecule has 88 valence electrons. The Labute approximate surface area is 93.5 Å². The maximum absolute atomic E-state index is 10.1. The van der Waals surface area contributed by atoms with Gasteiger partial charge in [0.2, 0.25) is 0 Å². The van der Waals surface area contributed by atoms with Gasteiger partial charge in [-0.1, -0.05) is 38.5 Å². The molecular formula is C13H25NO. The first-order valence-corrected chi connectivity index (χ1v) is 6.72. The zero-order chi connectivity index (χ0) is 10.6. The lowest BCUT2D eigenvalue weighted by atomic mass is 10.0. The number of nitrogens with one attached hydrogen (secondary N) is 1. The SMILES string of the molecule is OC1(CNCCC2CCCC2)CCCC1. The van der Waals surface area contributed by atoms with E-state index in [1.165, 1.54) is 44.9 Å². The van der Waals surface area contributed by atoms with Crippen LogP contribution in [0.2, 0.25) is 0 Å². The smallest absolute Gasteiger partial charge is 0.0771 e. The van der Waals surface area contributed by atoms with Gasteiger partial charge in [-0.3, -0.25) is 0 Å². The van der Waals surface area contributed by atoms with E-state index in [4.69, 9.17) is 0 Å². The minimum atomic E-state index is -0.365.